The highest BCUT2D eigenvalue weighted by atomic mass is 16.6. The van der Waals surface area contributed by atoms with Crippen LogP contribution in [0.5, 0.6) is 0 Å². The minimum absolute atomic E-state index is 0.206. The zero-order chi connectivity index (χ0) is 20.6. The van der Waals surface area contributed by atoms with Crippen LogP contribution in [0.25, 0.3) is 0 Å². The first-order chi connectivity index (χ1) is 13.7. The Hall–Kier alpha value is -0.620. The van der Waals surface area contributed by atoms with Gasteiger partial charge in [-0.2, -0.15) is 0 Å². The Labute approximate surface area is 173 Å². The van der Waals surface area contributed by atoms with Gasteiger partial charge in [0.05, 0.1) is 6.61 Å². The van der Waals surface area contributed by atoms with Gasteiger partial charge in [0.1, 0.15) is 24.1 Å². The van der Waals surface area contributed by atoms with Gasteiger partial charge in [0, 0.05) is 26.4 Å². The van der Waals surface area contributed by atoms with Crippen molar-refractivity contribution in [3.8, 4) is 0 Å². The van der Waals surface area contributed by atoms with Crippen LogP contribution in [0.2, 0.25) is 0 Å². The minimum Gasteiger partial charge on any atom is -0.487 e. The SMILES string of the molecule is C=C1OC(COCCCC)[C@H](OCCCC)C(OCCCC)C1OCCCC. The summed E-state index contributed by atoms with van der Waals surface area (Å²) < 4.78 is 30.7. The largest absolute Gasteiger partial charge is 0.487 e. The molecule has 0 aromatic heterocycles. The molecule has 3 unspecified atom stereocenters. The molecule has 0 aromatic rings. The lowest BCUT2D eigenvalue weighted by atomic mass is 9.97. The van der Waals surface area contributed by atoms with Gasteiger partial charge in [-0.05, 0) is 25.7 Å². The Morgan fingerprint density at radius 3 is 1.79 bits per heavy atom. The van der Waals surface area contributed by atoms with Crippen molar-refractivity contribution in [2.45, 2.75) is 103 Å². The minimum atomic E-state index is -0.290. The Bertz CT molecular complexity index is 387. The Morgan fingerprint density at radius 2 is 1.21 bits per heavy atom. The van der Waals surface area contributed by atoms with Crippen molar-refractivity contribution in [2.24, 2.45) is 0 Å². The molecule has 5 heteroatoms. The maximum atomic E-state index is 6.29. The second-order valence-corrected chi connectivity index (χ2v) is 7.57. The zero-order valence-corrected chi connectivity index (χ0v) is 18.8. The fourth-order valence-electron chi connectivity index (χ4n) is 3.12. The third-order valence-electron chi connectivity index (χ3n) is 4.94. The van der Waals surface area contributed by atoms with Crippen molar-refractivity contribution in [1.82, 2.24) is 0 Å². The highest BCUT2D eigenvalue weighted by molar-refractivity contribution is 5.07. The summed E-state index contributed by atoms with van der Waals surface area (Å²) >= 11 is 0. The molecule has 1 aliphatic heterocycles. The van der Waals surface area contributed by atoms with Crippen LogP contribution in [0.1, 0.15) is 79.1 Å². The number of hydrogen-bond acceptors (Lipinski definition) is 5. The average molecular weight is 401 g/mol. The van der Waals surface area contributed by atoms with Crippen molar-refractivity contribution in [3.05, 3.63) is 12.3 Å². The molecule has 0 spiro atoms. The van der Waals surface area contributed by atoms with E-state index in [0.29, 0.717) is 32.2 Å². The molecule has 1 rings (SSSR count). The van der Waals surface area contributed by atoms with Crippen LogP contribution in [-0.4, -0.2) is 57.5 Å². The van der Waals surface area contributed by atoms with Crippen LogP contribution in [0.4, 0.5) is 0 Å². The van der Waals surface area contributed by atoms with E-state index in [4.69, 9.17) is 23.7 Å². The lowest BCUT2D eigenvalue weighted by molar-refractivity contribution is -0.214. The van der Waals surface area contributed by atoms with E-state index in [1.807, 2.05) is 0 Å². The van der Waals surface area contributed by atoms with Crippen molar-refractivity contribution >= 4 is 0 Å². The lowest BCUT2D eigenvalue weighted by Gasteiger charge is -2.43. The van der Waals surface area contributed by atoms with E-state index in [-0.39, 0.29) is 24.4 Å². The summed E-state index contributed by atoms with van der Waals surface area (Å²) in [6, 6.07) is 0. The van der Waals surface area contributed by atoms with Gasteiger partial charge in [-0.1, -0.05) is 60.0 Å². The van der Waals surface area contributed by atoms with Crippen molar-refractivity contribution < 1.29 is 23.7 Å². The molecule has 0 radical (unpaired) electrons. The second kappa shape index (κ2) is 16.2. The van der Waals surface area contributed by atoms with E-state index in [2.05, 4.69) is 34.3 Å². The van der Waals surface area contributed by atoms with Gasteiger partial charge < -0.3 is 23.7 Å². The predicted molar refractivity (Wildman–Crippen MR) is 114 cm³/mol. The van der Waals surface area contributed by atoms with E-state index in [1.54, 1.807) is 0 Å². The van der Waals surface area contributed by atoms with Gasteiger partial charge in [-0.15, -0.1) is 0 Å². The van der Waals surface area contributed by atoms with Gasteiger partial charge in [-0.25, -0.2) is 0 Å². The molecule has 5 nitrogen and oxygen atoms in total. The lowest BCUT2D eigenvalue weighted by Crippen LogP contribution is -2.56. The molecule has 0 aromatic carbocycles. The summed E-state index contributed by atoms with van der Waals surface area (Å²) in [4.78, 5) is 0. The molecule has 0 saturated carbocycles. The molecule has 1 aliphatic rings. The number of unbranched alkanes of at least 4 members (excludes halogenated alkanes) is 4. The Morgan fingerprint density at radius 1 is 0.714 bits per heavy atom. The van der Waals surface area contributed by atoms with E-state index >= 15 is 0 Å². The average Bonchev–Trinajstić information content (AvgIpc) is 2.69. The second-order valence-electron chi connectivity index (χ2n) is 7.57. The number of rotatable bonds is 17. The summed E-state index contributed by atoms with van der Waals surface area (Å²) in [5.41, 5.74) is 0. The van der Waals surface area contributed by atoms with Crippen LogP contribution in [0.3, 0.4) is 0 Å². The smallest absolute Gasteiger partial charge is 0.150 e. The fraction of sp³-hybridized carbons (Fsp3) is 0.913. The van der Waals surface area contributed by atoms with E-state index in [9.17, 15) is 0 Å². The van der Waals surface area contributed by atoms with E-state index in [1.165, 1.54) is 0 Å². The maximum absolute atomic E-state index is 6.29. The summed E-state index contributed by atoms with van der Waals surface area (Å²) in [6.07, 6.45) is 7.58. The zero-order valence-electron chi connectivity index (χ0n) is 18.8. The van der Waals surface area contributed by atoms with Crippen LogP contribution >= 0.6 is 0 Å². The van der Waals surface area contributed by atoms with Gasteiger partial charge in [0.25, 0.3) is 0 Å². The van der Waals surface area contributed by atoms with E-state index in [0.717, 1.165) is 58.0 Å². The highest BCUT2D eigenvalue weighted by Crippen LogP contribution is 2.30. The van der Waals surface area contributed by atoms with Gasteiger partial charge >= 0.3 is 0 Å². The number of ether oxygens (including phenoxy) is 5. The Kier molecular flexibility index (Phi) is 14.7. The summed E-state index contributed by atoms with van der Waals surface area (Å²) in [5.74, 6) is 0.636. The fourth-order valence-corrected chi connectivity index (χ4v) is 3.12. The molecule has 0 bridgehead atoms. The van der Waals surface area contributed by atoms with Crippen LogP contribution in [-0.2, 0) is 23.7 Å². The van der Waals surface area contributed by atoms with Crippen molar-refractivity contribution in [2.75, 3.05) is 33.0 Å². The summed E-state index contributed by atoms with van der Waals surface area (Å²) in [6.45, 7) is 16.1. The molecule has 4 atom stereocenters. The Balaban J connectivity index is 2.86. The normalized spacial score (nSPS) is 25.1. The van der Waals surface area contributed by atoms with Crippen LogP contribution < -0.4 is 0 Å². The van der Waals surface area contributed by atoms with Gasteiger partial charge in [0.15, 0.2) is 6.10 Å². The molecule has 0 amide bonds. The molecular weight excluding hydrogens is 356 g/mol. The first-order valence-corrected chi connectivity index (χ1v) is 11.5. The first kappa shape index (κ1) is 25.4. The standard InChI is InChI=1S/C23H44O5/c1-6-10-14-24-18-20-22(26-16-12-8-3)23(27-17-13-9-4)21(19(5)28-20)25-15-11-7-2/h20-23H,5-18H2,1-4H3/t20?,21?,22-,23?/m0/s1. The molecule has 0 N–H and O–H groups in total. The molecule has 1 heterocycles. The molecule has 0 aliphatic carbocycles. The topological polar surface area (TPSA) is 46.2 Å². The molecule has 28 heavy (non-hydrogen) atoms. The first-order valence-electron chi connectivity index (χ1n) is 11.5. The summed E-state index contributed by atoms with van der Waals surface area (Å²) in [5, 5.41) is 0. The number of hydrogen-bond donors (Lipinski definition) is 0. The van der Waals surface area contributed by atoms with Crippen LogP contribution in [0, 0.1) is 0 Å². The monoisotopic (exact) mass is 400 g/mol. The van der Waals surface area contributed by atoms with E-state index < -0.39 is 0 Å². The molecule has 1 saturated heterocycles. The molecule has 166 valence electrons. The maximum Gasteiger partial charge on any atom is 0.150 e. The third-order valence-corrected chi connectivity index (χ3v) is 4.94. The summed E-state index contributed by atoms with van der Waals surface area (Å²) in [7, 11) is 0. The highest BCUT2D eigenvalue weighted by Gasteiger charge is 2.45. The molecule has 1 fully saturated rings. The van der Waals surface area contributed by atoms with Crippen molar-refractivity contribution in [1.29, 1.82) is 0 Å². The van der Waals surface area contributed by atoms with Crippen molar-refractivity contribution in [3.63, 3.8) is 0 Å². The quantitative estimate of drug-likeness (QED) is 0.311. The molecular formula is C23H44O5. The van der Waals surface area contributed by atoms with Gasteiger partial charge in [0.2, 0.25) is 0 Å². The predicted octanol–water partition coefficient (Wildman–Crippen LogP) is 5.27. The third kappa shape index (κ3) is 9.25. The van der Waals surface area contributed by atoms with Gasteiger partial charge in [-0.3, -0.25) is 0 Å². The van der Waals surface area contributed by atoms with Crippen LogP contribution in [0.15, 0.2) is 12.3 Å².